The van der Waals surface area contributed by atoms with Gasteiger partial charge in [0.05, 0.1) is 6.61 Å². The molecule has 1 aromatic carbocycles. The summed E-state index contributed by atoms with van der Waals surface area (Å²) in [5.41, 5.74) is 0.751. The van der Waals surface area contributed by atoms with Crippen LogP contribution in [0.3, 0.4) is 0 Å². The van der Waals surface area contributed by atoms with Crippen LogP contribution in [0, 0.1) is 0 Å². The number of halogens is 2. The van der Waals surface area contributed by atoms with Crippen molar-refractivity contribution in [1.82, 2.24) is 0 Å². The molecular weight excluding hydrogens is 258 g/mol. The molecule has 0 aliphatic carbocycles. The molecule has 0 amide bonds. The molecule has 13 heavy (non-hydrogen) atoms. The van der Waals surface area contributed by atoms with Crippen LogP contribution in [0.2, 0.25) is 5.02 Å². The van der Waals surface area contributed by atoms with Crippen LogP contribution in [0.25, 0.3) is 0 Å². The smallest absolute Gasteiger partial charge is 0.423 e. The van der Waals surface area contributed by atoms with Crippen molar-refractivity contribution in [3.05, 3.63) is 27.2 Å². The second-order valence-electron chi connectivity index (χ2n) is 2.50. The quantitative estimate of drug-likeness (QED) is 0.673. The molecule has 3 nitrogen and oxygen atoms in total. The van der Waals surface area contributed by atoms with Gasteiger partial charge in [-0.05, 0) is 11.6 Å². The van der Waals surface area contributed by atoms with E-state index < -0.39 is 7.12 Å². The zero-order valence-corrected chi connectivity index (χ0v) is 8.88. The first-order valence-electron chi connectivity index (χ1n) is 3.51. The second-order valence-corrected chi connectivity index (χ2v) is 3.76. The Balaban J connectivity index is 3.22. The highest BCUT2D eigenvalue weighted by Crippen LogP contribution is 2.20. The average molecular weight is 265 g/mol. The van der Waals surface area contributed by atoms with E-state index in [9.17, 15) is 0 Å². The fourth-order valence-corrected chi connectivity index (χ4v) is 1.79. The van der Waals surface area contributed by atoms with Gasteiger partial charge in [0.25, 0.3) is 0 Å². The van der Waals surface area contributed by atoms with Gasteiger partial charge in [-0.2, -0.15) is 0 Å². The van der Waals surface area contributed by atoms with E-state index in [4.69, 9.17) is 26.8 Å². The van der Waals surface area contributed by atoms with Gasteiger partial charge in [-0.25, -0.2) is 0 Å². The monoisotopic (exact) mass is 264 g/mol. The first-order chi connectivity index (χ1) is 6.06. The van der Waals surface area contributed by atoms with Crippen molar-refractivity contribution < 1.29 is 15.2 Å². The molecule has 70 valence electrons. The Labute approximate surface area is 89.2 Å². The molecule has 0 aromatic heterocycles. The number of aliphatic hydroxyl groups excluding tert-OH is 1. The van der Waals surface area contributed by atoms with Gasteiger partial charge in [-0.15, -0.1) is 0 Å². The van der Waals surface area contributed by atoms with E-state index in [2.05, 4.69) is 15.9 Å². The van der Waals surface area contributed by atoms with Crippen LogP contribution < -0.4 is 5.46 Å². The topological polar surface area (TPSA) is 60.7 Å². The summed E-state index contributed by atoms with van der Waals surface area (Å²) in [5.74, 6) is 0. The molecule has 0 saturated heterocycles. The molecule has 0 spiro atoms. The average Bonchev–Trinajstić information content (AvgIpc) is 2.03. The van der Waals surface area contributed by atoms with E-state index in [0.717, 1.165) is 0 Å². The van der Waals surface area contributed by atoms with Crippen molar-refractivity contribution in [2.45, 2.75) is 6.61 Å². The summed E-state index contributed by atoms with van der Waals surface area (Å²) in [6.07, 6.45) is 0. The predicted molar refractivity (Wildman–Crippen MR) is 54.9 cm³/mol. The normalized spacial score (nSPS) is 10.2. The Kier molecular flexibility index (Phi) is 3.76. The number of benzene rings is 1. The maximum Gasteiger partial charge on any atom is 0.489 e. The van der Waals surface area contributed by atoms with E-state index in [1.54, 1.807) is 0 Å². The highest BCUT2D eigenvalue weighted by Gasteiger charge is 2.17. The van der Waals surface area contributed by atoms with E-state index in [1.165, 1.54) is 12.1 Å². The molecule has 0 fully saturated rings. The summed E-state index contributed by atoms with van der Waals surface area (Å²) in [7, 11) is -1.62. The van der Waals surface area contributed by atoms with E-state index >= 15 is 0 Å². The lowest BCUT2D eigenvalue weighted by Crippen LogP contribution is -2.31. The van der Waals surface area contributed by atoms with Crippen molar-refractivity contribution in [3.8, 4) is 0 Å². The lowest BCUT2D eigenvalue weighted by Gasteiger charge is -2.07. The van der Waals surface area contributed by atoms with Gasteiger partial charge in [-0.1, -0.05) is 33.6 Å². The van der Waals surface area contributed by atoms with Crippen molar-refractivity contribution in [2.75, 3.05) is 0 Å². The Hall–Kier alpha value is -0.0651. The standard InChI is InChI=1S/C7H7BBrClO3/c9-6-2-7(10)5(8(12)13)1-4(6)3-11/h1-2,11-13H,3H2. The highest BCUT2D eigenvalue weighted by molar-refractivity contribution is 9.10. The zero-order valence-electron chi connectivity index (χ0n) is 6.54. The summed E-state index contributed by atoms with van der Waals surface area (Å²) in [5, 5.41) is 26.9. The molecule has 3 N–H and O–H groups in total. The van der Waals surface area contributed by atoms with Crippen LogP contribution in [0.15, 0.2) is 16.6 Å². The third kappa shape index (κ3) is 2.45. The Bertz CT molecular complexity index is 319. The van der Waals surface area contributed by atoms with Gasteiger partial charge < -0.3 is 15.2 Å². The maximum atomic E-state index is 8.89. The van der Waals surface area contributed by atoms with Crippen molar-refractivity contribution >= 4 is 40.1 Å². The summed E-state index contributed by atoms with van der Waals surface area (Å²) in [6, 6.07) is 2.96. The van der Waals surface area contributed by atoms with Gasteiger partial charge >= 0.3 is 7.12 Å². The van der Waals surface area contributed by atoms with Gasteiger partial charge in [-0.3, -0.25) is 0 Å². The van der Waals surface area contributed by atoms with Crippen LogP contribution in [-0.4, -0.2) is 22.3 Å². The fourth-order valence-electron chi connectivity index (χ4n) is 0.932. The summed E-state index contributed by atoms with van der Waals surface area (Å²) in [6.45, 7) is -0.183. The van der Waals surface area contributed by atoms with Crippen LogP contribution in [0.4, 0.5) is 0 Å². The second kappa shape index (κ2) is 4.44. The van der Waals surface area contributed by atoms with E-state index in [-0.39, 0.29) is 17.1 Å². The molecule has 0 radical (unpaired) electrons. The van der Waals surface area contributed by atoms with Crippen molar-refractivity contribution in [2.24, 2.45) is 0 Å². The summed E-state index contributed by atoms with van der Waals surface area (Å²) >= 11 is 8.90. The van der Waals surface area contributed by atoms with Gasteiger partial charge in [0.1, 0.15) is 0 Å². The molecule has 1 rings (SSSR count). The number of hydrogen-bond donors (Lipinski definition) is 3. The molecule has 6 heteroatoms. The third-order valence-corrected chi connectivity index (χ3v) is 2.68. The lowest BCUT2D eigenvalue weighted by molar-refractivity contribution is 0.281. The summed E-state index contributed by atoms with van der Waals surface area (Å²) in [4.78, 5) is 0. The Morgan fingerprint density at radius 3 is 2.46 bits per heavy atom. The van der Waals surface area contributed by atoms with E-state index in [1.807, 2.05) is 0 Å². The molecule has 0 bridgehead atoms. The minimum absolute atomic E-state index is 0.183. The van der Waals surface area contributed by atoms with Gasteiger partial charge in [0, 0.05) is 15.0 Å². The highest BCUT2D eigenvalue weighted by atomic mass is 79.9. The van der Waals surface area contributed by atoms with E-state index in [0.29, 0.717) is 10.0 Å². The molecule has 0 saturated carbocycles. The fraction of sp³-hybridized carbons (Fsp3) is 0.143. The van der Waals surface area contributed by atoms with Gasteiger partial charge in [0.2, 0.25) is 0 Å². The molecule has 0 atom stereocenters. The maximum absolute atomic E-state index is 8.89. The SMILES string of the molecule is OCc1cc(B(O)O)c(Cl)cc1Br. The Morgan fingerprint density at radius 2 is 2.00 bits per heavy atom. The summed E-state index contributed by atoms with van der Waals surface area (Å²) < 4.78 is 0.643. The molecule has 1 aromatic rings. The van der Waals surface area contributed by atoms with Crippen molar-refractivity contribution in [3.63, 3.8) is 0 Å². The Morgan fingerprint density at radius 1 is 1.38 bits per heavy atom. The minimum Gasteiger partial charge on any atom is -0.423 e. The first kappa shape index (κ1) is 11.0. The van der Waals surface area contributed by atoms with Crippen LogP contribution in [-0.2, 0) is 6.61 Å². The molecule has 0 aliphatic heterocycles. The molecule has 0 heterocycles. The number of aliphatic hydroxyl groups is 1. The largest absolute Gasteiger partial charge is 0.489 e. The third-order valence-electron chi connectivity index (χ3n) is 1.61. The van der Waals surface area contributed by atoms with Crippen molar-refractivity contribution in [1.29, 1.82) is 0 Å². The molecule has 0 aliphatic rings. The molecule has 0 unspecified atom stereocenters. The van der Waals surface area contributed by atoms with Crippen LogP contribution >= 0.6 is 27.5 Å². The zero-order chi connectivity index (χ0) is 10.0. The minimum atomic E-state index is -1.62. The van der Waals surface area contributed by atoms with Crippen LogP contribution in [0.5, 0.6) is 0 Å². The number of hydrogen-bond acceptors (Lipinski definition) is 3. The lowest BCUT2D eigenvalue weighted by atomic mass is 9.79. The number of rotatable bonds is 2. The van der Waals surface area contributed by atoms with Crippen LogP contribution in [0.1, 0.15) is 5.56 Å². The van der Waals surface area contributed by atoms with Gasteiger partial charge in [0.15, 0.2) is 0 Å². The molecular formula is C7H7BBrClO3. The predicted octanol–water partition coefficient (Wildman–Crippen LogP) is 0.275. The first-order valence-corrected chi connectivity index (χ1v) is 4.68.